The van der Waals surface area contributed by atoms with Gasteiger partial charge in [-0.1, -0.05) is 30.3 Å². The van der Waals surface area contributed by atoms with Gasteiger partial charge in [-0.3, -0.25) is 14.2 Å². The number of carbonyl (C=O) groups is 2. The number of para-hydroxylation sites is 1. The van der Waals surface area contributed by atoms with Crippen molar-refractivity contribution in [1.29, 1.82) is 0 Å². The number of carboxylic acid groups (broad SMARTS) is 1. The number of fused-ring (bicyclic) bond motifs is 1. The molecule has 0 amide bonds. The minimum Gasteiger partial charge on any atom is -0.494 e. The second-order valence-corrected chi connectivity index (χ2v) is 8.01. The van der Waals surface area contributed by atoms with Crippen LogP contribution in [0.15, 0.2) is 72.8 Å². The third-order valence-corrected chi connectivity index (χ3v) is 5.68. The molecule has 4 aromatic rings. The smallest absolute Gasteiger partial charge is 0.307 e. The monoisotopic (exact) mass is 457 g/mol. The quantitative estimate of drug-likeness (QED) is 0.370. The Morgan fingerprint density at radius 3 is 2.38 bits per heavy atom. The van der Waals surface area contributed by atoms with Crippen LogP contribution < -0.4 is 9.47 Å². The highest BCUT2D eigenvalue weighted by atomic mass is 16.5. The second kappa shape index (κ2) is 10.3. The standard InChI is InChI=1S/C28H27NO5/c1-3-33-26-10-5-4-7-20(26)15-16-34-23-13-11-21(12-14-23)28(32)29-19(2)17-24-22(18-27(30)31)8-6-9-25(24)29/h4-14,17H,3,15-16,18H2,1-2H3,(H,30,31). The van der Waals surface area contributed by atoms with Crippen molar-refractivity contribution in [2.45, 2.75) is 26.7 Å². The van der Waals surface area contributed by atoms with Crippen LogP contribution in [0, 0.1) is 6.92 Å². The molecule has 6 heteroatoms. The van der Waals surface area contributed by atoms with Gasteiger partial charge in [0.2, 0.25) is 0 Å². The summed E-state index contributed by atoms with van der Waals surface area (Å²) >= 11 is 0. The Morgan fingerprint density at radius 1 is 0.912 bits per heavy atom. The van der Waals surface area contributed by atoms with Crippen LogP contribution in [0.2, 0.25) is 0 Å². The molecule has 1 N–H and O–H groups in total. The van der Waals surface area contributed by atoms with Gasteiger partial charge in [-0.15, -0.1) is 0 Å². The van der Waals surface area contributed by atoms with Crippen LogP contribution >= 0.6 is 0 Å². The van der Waals surface area contributed by atoms with Crippen LogP contribution in [0.25, 0.3) is 10.9 Å². The first kappa shape index (κ1) is 23.1. The summed E-state index contributed by atoms with van der Waals surface area (Å²) in [4.78, 5) is 24.5. The van der Waals surface area contributed by atoms with Gasteiger partial charge < -0.3 is 14.6 Å². The van der Waals surface area contributed by atoms with Crippen molar-refractivity contribution in [3.63, 3.8) is 0 Å². The molecule has 0 aliphatic rings. The molecule has 0 fully saturated rings. The van der Waals surface area contributed by atoms with E-state index in [4.69, 9.17) is 9.47 Å². The van der Waals surface area contributed by atoms with Gasteiger partial charge in [-0.2, -0.15) is 0 Å². The van der Waals surface area contributed by atoms with Crippen molar-refractivity contribution in [3.8, 4) is 11.5 Å². The maximum absolute atomic E-state index is 13.3. The molecule has 174 valence electrons. The fraction of sp³-hybridized carbons (Fsp3) is 0.214. The number of rotatable bonds is 9. The number of ether oxygens (including phenoxy) is 2. The molecule has 0 bridgehead atoms. The summed E-state index contributed by atoms with van der Waals surface area (Å²) in [7, 11) is 0. The average molecular weight is 458 g/mol. The maximum Gasteiger partial charge on any atom is 0.307 e. The summed E-state index contributed by atoms with van der Waals surface area (Å²) in [6, 6.07) is 22.3. The Kier molecular flexibility index (Phi) is 6.97. The highest BCUT2D eigenvalue weighted by Crippen LogP contribution is 2.26. The molecule has 1 aromatic heterocycles. The molecule has 0 saturated carbocycles. The maximum atomic E-state index is 13.3. The van der Waals surface area contributed by atoms with Crippen LogP contribution in [0.4, 0.5) is 0 Å². The highest BCUT2D eigenvalue weighted by Gasteiger charge is 2.17. The molecule has 0 atom stereocenters. The summed E-state index contributed by atoms with van der Waals surface area (Å²) < 4.78 is 13.2. The number of aliphatic carboxylic acids is 1. The van der Waals surface area contributed by atoms with E-state index in [-0.39, 0.29) is 12.3 Å². The fourth-order valence-electron chi connectivity index (χ4n) is 4.12. The summed E-state index contributed by atoms with van der Waals surface area (Å²) in [5.74, 6) is 0.483. The SMILES string of the molecule is CCOc1ccccc1CCOc1ccc(C(=O)n2c(C)cc3c(CC(=O)O)cccc32)cc1. The van der Waals surface area contributed by atoms with Crippen LogP contribution in [0.1, 0.15) is 34.1 Å². The Balaban J connectivity index is 1.47. The Hall–Kier alpha value is -4.06. The Labute approximate surface area is 198 Å². The number of nitrogens with zero attached hydrogens (tertiary/aromatic N) is 1. The zero-order valence-corrected chi connectivity index (χ0v) is 19.3. The largest absolute Gasteiger partial charge is 0.494 e. The van der Waals surface area contributed by atoms with E-state index in [1.54, 1.807) is 41.0 Å². The van der Waals surface area contributed by atoms with Gasteiger partial charge in [-0.05, 0) is 67.4 Å². The van der Waals surface area contributed by atoms with Crippen LogP contribution in [0.5, 0.6) is 11.5 Å². The van der Waals surface area contributed by atoms with Gasteiger partial charge in [0.1, 0.15) is 11.5 Å². The average Bonchev–Trinajstić information content (AvgIpc) is 3.17. The van der Waals surface area contributed by atoms with E-state index in [1.165, 1.54) is 0 Å². The molecule has 0 aliphatic heterocycles. The van der Waals surface area contributed by atoms with Crippen molar-refractivity contribution in [2.75, 3.05) is 13.2 Å². The topological polar surface area (TPSA) is 77.8 Å². The first-order valence-electron chi connectivity index (χ1n) is 11.3. The number of hydrogen-bond acceptors (Lipinski definition) is 4. The predicted octanol–water partition coefficient (Wildman–Crippen LogP) is 5.29. The third kappa shape index (κ3) is 4.96. The predicted molar refractivity (Wildman–Crippen MR) is 131 cm³/mol. The molecular formula is C28H27NO5. The molecule has 0 spiro atoms. The number of carboxylic acids is 1. The Bertz CT molecular complexity index is 1320. The van der Waals surface area contributed by atoms with Crippen LogP contribution in [-0.4, -0.2) is 34.8 Å². The van der Waals surface area contributed by atoms with Gasteiger partial charge in [0.25, 0.3) is 5.91 Å². The highest BCUT2D eigenvalue weighted by molar-refractivity contribution is 6.04. The van der Waals surface area contributed by atoms with Gasteiger partial charge in [-0.25, -0.2) is 0 Å². The number of hydrogen-bond donors (Lipinski definition) is 1. The van der Waals surface area contributed by atoms with Gasteiger partial charge in [0.05, 0.1) is 25.2 Å². The zero-order valence-electron chi connectivity index (χ0n) is 19.3. The van der Waals surface area contributed by atoms with Crippen molar-refractivity contribution >= 4 is 22.8 Å². The van der Waals surface area contributed by atoms with Crippen LogP contribution in [-0.2, 0) is 17.6 Å². The first-order valence-corrected chi connectivity index (χ1v) is 11.3. The third-order valence-electron chi connectivity index (χ3n) is 5.68. The molecule has 0 aliphatic carbocycles. The molecule has 6 nitrogen and oxygen atoms in total. The molecule has 0 saturated heterocycles. The minimum absolute atomic E-state index is 0.0872. The molecule has 1 heterocycles. The normalized spacial score (nSPS) is 10.9. The Morgan fingerprint density at radius 2 is 1.65 bits per heavy atom. The van der Waals surface area contributed by atoms with Crippen molar-refractivity contribution in [1.82, 2.24) is 4.57 Å². The molecule has 0 radical (unpaired) electrons. The molecule has 34 heavy (non-hydrogen) atoms. The number of benzene rings is 3. The van der Waals surface area contributed by atoms with E-state index in [2.05, 4.69) is 0 Å². The lowest BCUT2D eigenvalue weighted by Crippen LogP contribution is -2.13. The van der Waals surface area contributed by atoms with Gasteiger partial charge in [0, 0.05) is 23.1 Å². The summed E-state index contributed by atoms with van der Waals surface area (Å²) in [6.45, 7) is 4.92. The molecule has 4 rings (SSSR count). The summed E-state index contributed by atoms with van der Waals surface area (Å²) in [5.41, 5.74) is 3.77. The minimum atomic E-state index is -0.902. The van der Waals surface area contributed by atoms with Crippen molar-refractivity contribution < 1.29 is 24.2 Å². The lowest BCUT2D eigenvalue weighted by molar-refractivity contribution is -0.136. The lowest BCUT2D eigenvalue weighted by atomic mass is 10.1. The zero-order chi connectivity index (χ0) is 24.1. The van der Waals surface area contributed by atoms with E-state index in [0.717, 1.165) is 22.4 Å². The molecule has 3 aromatic carbocycles. The summed E-state index contributed by atoms with van der Waals surface area (Å²) in [5, 5.41) is 9.97. The second-order valence-electron chi connectivity index (χ2n) is 8.01. The molecular weight excluding hydrogens is 430 g/mol. The van der Waals surface area contributed by atoms with Crippen molar-refractivity contribution in [2.24, 2.45) is 0 Å². The van der Waals surface area contributed by atoms with Crippen LogP contribution in [0.3, 0.4) is 0 Å². The number of aromatic nitrogens is 1. The number of carbonyl (C=O) groups excluding carboxylic acids is 1. The van der Waals surface area contributed by atoms with E-state index in [1.807, 2.05) is 50.2 Å². The number of aryl methyl sites for hydroxylation is 1. The van der Waals surface area contributed by atoms with E-state index in [0.29, 0.717) is 42.0 Å². The first-order chi connectivity index (χ1) is 16.5. The molecule has 0 unspecified atom stereocenters. The fourth-order valence-corrected chi connectivity index (χ4v) is 4.12. The van der Waals surface area contributed by atoms with E-state index in [9.17, 15) is 14.7 Å². The lowest BCUT2D eigenvalue weighted by Gasteiger charge is -2.11. The van der Waals surface area contributed by atoms with Gasteiger partial charge in [0.15, 0.2) is 0 Å². The van der Waals surface area contributed by atoms with E-state index >= 15 is 0 Å². The van der Waals surface area contributed by atoms with Crippen molar-refractivity contribution in [3.05, 3.63) is 95.2 Å². The van der Waals surface area contributed by atoms with E-state index < -0.39 is 5.97 Å². The van der Waals surface area contributed by atoms with Gasteiger partial charge >= 0.3 is 5.97 Å². The summed E-state index contributed by atoms with van der Waals surface area (Å²) in [6.07, 6.45) is 0.625.